The quantitative estimate of drug-likeness (QED) is 0.835. The summed E-state index contributed by atoms with van der Waals surface area (Å²) >= 11 is 0. The first kappa shape index (κ1) is 13.5. The van der Waals surface area contributed by atoms with Crippen molar-refractivity contribution in [2.75, 3.05) is 0 Å². The van der Waals surface area contributed by atoms with E-state index in [9.17, 15) is 4.79 Å². The van der Waals surface area contributed by atoms with Crippen LogP contribution in [0.2, 0.25) is 0 Å². The molecule has 102 valence electrons. The van der Waals surface area contributed by atoms with Gasteiger partial charge < -0.3 is 10.1 Å². The molecular weight excluding hydrogens is 242 g/mol. The van der Waals surface area contributed by atoms with Gasteiger partial charge in [-0.15, -0.1) is 0 Å². The third kappa shape index (κ3) is 2.92. The van der Waals surface area contributed by atoms with E-state index in [1.165, 1.54) is 12.6 Å². The van der Waals surface area contributed by atoms with E-state index in [0.29, 0.717) is 17.1 Å². The van der Waals surface area contributed by atoms with Gasteiger partial charge in [0.05, 0.1) is 11.1 Å². The van der Waals surface area contributed by atoms with Gasteiger partial charge in [-0.2, -0.15) is 0 Å². The van der Waals surface area contributed by atoms with Crippen LogP contribution in [0.3, 0.4) is 0 Å². The fourth-order valence-corrected chi connectivity index (χ4v) is 2.21. The molecule has 0 fully saturated rings. The van der Waals surface area contributed by atoms with E-state index >= 15 is 0 Å². The Balaban J connectivity index is 2.31. The van der Waals surface area contributed by atoms with Crippen molar-refractivity contribution in [3.63, 3.8) is 0 Å². The smallest absolute Gasteiger partial charge is 0.337 e. The van der Waals surface area contributed by atoms with Gasteiger partial charge in [0.2, 0.25) is 0 Å². The molecule has 0 saturated heterocycles. The summed E-state index contributed by atoms with van der Waals surface area (Å²) in [7, 11) is 0. The average molecular weight is 261 g/mol. The molecule has 1 atom stereocenters. The van der Waals surface area contributed by atoms with Crippen LogP contribution in [-0.4, -0.2) is 26.0 Å². The SMILES string of the molecule is CCCCC(CC)c1nc2ncc(C(=O)O)cc2[nH]1. The zero-order valence-electron chi connectivity index (χ0n) is 11.3. The molecule has 5 heteroatoms. The van der Waals surface area contributed by atoms with Crippen LogP contribution in [0.4, 0.5) is 0 Å². The van der Waals surface area contributed by atoms with E-state index in [-0.39, 0.29) is 5.56 Å². The van der Waals surface area contributed by atoms with E-state index in [0.717, 1.165) is 25.1 Å². The van der Waals surface area contributed by atoms with Gasteiger partial charge >= 0.3 is 5.97 Å². The normalized spacial score (nSPS) is 12.7. The van der Waals surface area contributed by atoms with Crippen molar-refractivity contribution in [1.29, 1.82) is 0 Å². The molecule has 0 aliphatic carbocycles. The molecule has 0 aromatic carbocycles. The molecule has 19 heavy (non-hydrogen) atoms. The van der Waals surface area contributed by atoms with Crippen molar-refractivity contribution in [3.8, 4) is 0 Å². The van der Waals surface area contributed by atoms with E-state index in [1.54, 1.807) is 6.07 Å². The molecule has 0 amide bonds. The van der Waals surface area contributed by atoms with Crippen molar-refractivity contribution in [3.05, 3.63) is 23.7 Å². The van der Waals surface area contributed by atoms with Crippen LogP contribution in [0.5, 0.6) is 0 Å². The molecule has 0 bridgehead atoms. The Morgan fingerprint density at radius 1 is 1.47 bits per heavy atom. The van der Waals surface area contributed by atoms with Crippen LogP contribution in [0.25, 0.3) is 11.2 Å². The Hall–Kier alpha value is -1.91. The second-order valence-electron chi connectivity index (χ2n) is 4.77. The Morgan fingerprint density at radius 2 is 2.26 bits per heavy atom. The number of hydrogen-bond acceptors (Lipinski definition) is 3. The highest BCUT2D eigenvalue weighted by atomic mass is 16.4. The number of aromatic nitrogens is 3. The lowest BCUT2D eigenvalue weighted by Crippen LogP contribution is -1.99. The highest BCUT2D eigenvalue weighted by Crippen LogP contribution is 2.24. The van der Waals surface area contributed by atoms with Gasteiger partial charge in [0.15, 0.2) is 5.65 Å². The van der Waals surface area contributed by atoms with Gasteiger partial charge in [-0.3, -0.25) is 0 Å². The summed E-state index contributed by atoms with van der Waals surface area (Å²) in [5.74, 6) is 0.340. The first-order valence-corrected chi connectivity index (χ1v) is 6.74. The van der Waals surface area contributed by atoms with Crippen LogP contribution >= 0.6 is 0 Å². The number of aromatic carboxylic acids is 1. The fourth-order valence-electron chi connectivity index (χ4n) is 2.21. The summed E-state index contributed by atoms with van der Waals surface area (Å²) < 4.78 is 0. The maximum Gasteiger partial charge on any atom is 0.337 e. The zero-order chi connectivity index (χ0) is 13.8. The molecule has 0 radical (unpaired) electrons. The number of nitrogens with zero attached hydrogens (tertiary/aromatic N) is 2. The number of H-pyrrole nitrogens is 1. The van der Waals surface area contributed by atoms with Crippen molar-refractivity contribution in [1.82, 2.24) is 15.0 Å². The predicted molar refractivity (Wildman–Crippen MR) is 73.4 cm³/mol. The number of carboxylic acids is 1. The number of carboxylic acid groups (broad SMARTS) is 1. The number of imidazole rings is 1. The van der Waals surface area contributed by atoms with Crippen LogP contribution in [0.15, 0.2) is 12.3 Å². The summed E-state index contributed by atoms with van der Waals surface area (Å²) in [5.41, 5.74) is 1.48. The molecule has 2 N–H and O–H groups in total. The monoisotopic (exact) mass is 261 g/mol. The molecule has 1 unspecified atom stereocenters. The molecule has 2 aromatic heterocycles. The van der Waals surface area contributed by atoms with Crippen molar-refractivity contribution < 1.29 is 9.90 Å². The largest absolute Gasteiger partial charge is 0.478 e. The molecule has 2 rings (SSSR count). The lowest BCUT2D eigenvalue weighted by molar-refractivity contribution is 0.0696. The fraction of sp³-hybridized carbons (Fsp3) is 0.500. The molecular formula is C14H19N3O2. The lowest BCUT2D eigenvalue weighted by atomic mass is 9.99. The number of aromatic amines is 1. The van der Waals surface area contributed by atoms with E-state index < -0.39 is 5.97 Å². The average Bonchev–Trinajstić information content (AvgIpc) is 2.82. The number of pyridine rings is 1. The number of hydrogen-bond donors (Lipinski definition) is 2. The summed E-state index contributed by atoms with van der Waals surface area (Å²) in [4.78, 5) is 22.7. The molecule has 0 saturated carbocycles. The Labute approximate surface area is 112 Å². The number of unbranched alkanes of at least 4 members (excludes halogenated alkanes) is 1. The molecule has 5 nitrogen and oxygen atoms in total. The minimum Gasteiger partial charge on any atom is -0.478 e. The van der Waals surface area contributed by atoms with Crippen LogP contribution < -0.4 is 0 Å². The maximum atomic E-state index is 10.9. The number of nitrogens with one attached hydrogen (secondary N) is 1. The third-order valence-corrected chi connectivity index (χ3v) is 3.39. The highest BCUT2D eigenvalue weighted by molar-refractivity contribution is 5.90. The Bertz CT molecular complexity index is 577. The van der Waals surface area contributed by atoms with E-state index in [1.807, 2.05) is 0 Å². The minimum absolute atomic E-state index is 0.185. The molecule has 2 aromatic rings. The Kier molecular flexibility index (Phi) is 4.14. The Morgan fingerprint density at radius 3 is 2.89 bits per heavy atom. The van der Waals surface area contributed by atoms with Crippen molar-refractivity contribution in [2.24, 2.45) is 0 Å². The van der Waals surface area contributed by atoms with Gasteiger partial charge in [0, 0.05) is 12.1 Å². The zero-order valence-corrected chi connectivity index (χ0v) is 11.3. The van der Waals surface area contributed by atoms with Gasteiger partial charge in [0.25, 0.3) is 0 Å². The molecule has 0 spiro atoms. The predicted octanol–water partition coefficient (Wildman–Crippen LogP) is 3.34. The van der Waals surface area contributed by atoms with E-state index in [2.05, 4.69) is 28.8 Å². The summed E-state index contributed by atoms with van der Waals surface area (Å²) in [6, 6.07) is 1.59. The number of carbonyl (C=O) groups is 1. The first-order valence-electron chi connectivity index (χ1n) is 6.74. The highest BCUT2D eigenvalue weighted by Gasteiger charge is 2.15. The van der Waals surface area contributed by atoms with Gasteiger partial charge in [0.1, 0.15) is 5.82 Å². The maximum absolute atomic E-state index is 10.9. The van der Waals surface area contributed by atoms with E-state index in [4.69, 9.17) is 5.11 Å². The first-order chi connectivity index (χ1) is 9.15. The minimum atomic E-state index is -0.969. The number of rotatable bonds is 6. The topological polar surface area (TPSA) is 78.9 Å². The van der Waals surface area contributed by atoms with Crippen LogP contribution in [0.1, 0.15) is 61.6 Å². The molecule has 2 heterocycles. The molecule has 0 aliphatic rings. The lowest BCUT2D eigenvalue weighted by Gasteiger charge is -2.10. The summed E-state index contributed by atoms with van der Waals surface area (Å²) in [6.45, 7) is 4.32. The summed E-state index contributed by atoms with van der Waals surface area (Å²) in [5, 5.41) is 8.95. The summed E-state index contributed by atoms with van der Waals surface area (Å²) in [6.07, 6.45) is 5.80. The van der Waals surface area contributed by atoms with Crippen molar-refractivity contribution >= 4 is 17.1 Å². The molecule has 0 aliphatic heterocycles. The second kappa shape index (κ2) is 5.82. The second-order valence-corrected chi connectivity index (χ2v) is 4.77. The van der Waals surface area contributed by atoms with Gasteiger partial charge in [-0.05, 0) is 18.9 Å². The standard InChI is InChI=1S/C14H19N3O2/c1-3-5-6-9(4-2)12-16-11-7-10(14(18)19)8-15-13(11)17-12/h7-9H,3-6H2,1-2H3,(H,18,19)(H,15,16,17). The van der Waals surface area contributed by atoms with Gasteiger partial charge in [-0.25, -0.2) is 14.8 Å². The number of fused-ring (bicyclic) bond motifs is 1. The third-order valence-electron chi connectivity index (χ3n) is 3.39. The van der Waals surface area contributed by atoms with Crippen LogP contribution in [-0.2, 0) is 0 Å². The van der Waals surface area contributed by atoms with Crippen molar-refractivity contribution in [2.45, 2.75) is 45.4 Å². The van der Waals surface area contributed by atoms with Gasteiger partial charge in [-0.1, -0.05) is 26.7 Å². The van der Waals surface area contributed by atoms with Crippen LogP contribution in [0, 0.1) is 0 Å².